The zero-order valence-electron chi connectivity index (χ0n) is 34.1. The summed E-state index contributed by atoms with van der Waals surface area (Å²) < 4.78 is 0. The maximum Gasteiger partial charge on any atom is 0.0463 e. The summed E-state index contributed by atoms with van der Waals surface area (Å²) in [7, 11) is 0. The van der Waals surface area contributed by atoms with Gasteiger partial charge in [-0.15, -0.1) is 0 Å². The Morgan fingerprint density at radius 2 is 0.500 bits per heavy atom. The van der Waals surface area contributed by atoms with Crippen LogP contribution in [0.2, 0.25) is 0 Å². The molecule has 0 aliphatic carbocycles. The molecule has 0 radical (unpaired) electrons. The fraction of sp³-hybridized carbons (Fsp3) is 0. The molecule has 0 aliphatic heterocycles. The number of rotatable bonds is 9. The van der Waals surface area contributed by atoms with Crippen molar-refractivity contribution in [2.24, 2.45) is 0 Å². The molecule has 0 unspecified atom stereocenters. The van der Waals surface area contributed by atoms with Crippen molar-refractivity contribution in [2.45, 2.75) is 0 Å². The summed E-state index contributed by atoms with van der Waals surface area (Å²) in [6.07, 6.45) is 0. The molecule has 0 N–H and O–H groups in total. The van der Waals surface area contributed by atoms with Crippen LogP contribution < -0.4 is 9.80 Å². The topological polar surface area (TPSA) is 6.48 Å². The average molecular weight is 791 g/mol. The van der Waals surface area contributed by atoms with E-state index in [0.717, 1.165) is 34.1 Å². The molecule has 292 valence electrons. The fourth-order valence-electron chi connectivity index (χ4n) is 9.10. The lowest BCUT2D eigenvalue weighted by molar-refractivity contribution is 1.26. The van der Waals surface area contributed by atoms with Gasteiger partial charge in [0, 0.05) is 34.1 Å². The first-order chi connectivity index (χ1) is 30.8. The van der Waals surface area contributed by atoms with Crippen molar-refractivity contribution in [3.8, 4) is 33.4 Å². The summed E-state index contributed by atoms with van der Waals surface area (Å²) in [4.78, 5) is 4.67. The highest BCUT2D eigenvalue weighted by Crippen LogP contribution is 2.45. The Labute approximate surface area is 362 Å². The Morgan fingerprint density at radius 3 is 0.952 bits per heavy atom. The van der Waals surface area contributed by atoms with Crippen LogP contribution in [0.1, 0.15) is 0 Å². The molecule has 11 aromatic carbocycles. The van der Waals surface area contributed by atoms with Gasteiger partial charge >= 0.3 is 0 Å². The summed E-state index contributed by atoms with van der Waals surface area (Å²) in [5.41, 5.74) is 13.9. The summed E-state index contributed by atoms with van der Waals surface area (Å²) in [6, 6.07) is 92.0. The second kappa shape index (κ2) is 16.1. The quantitative estimate of drug-likeness (QED) is 0.134. The summed E-state index contributed by atoms with van der Waals surface area (Å²) in [5.74, 6) is 0. The lowest BCUT2D eigenvalue weighted by atomic mass is 9.86. The molecule has 0 aromatic heterocycles. The third-order valence-corrected chi connectivity index (χ3v) is 12.0. The third kappa shape index (κ3) is 6.84. The van der Waals surface area contributed by atoms with Crippen LogP contribution in [0.15, 0.2) is 255 Å². The molecule has 0 saturated heterocycles. The number of para-hydroxylation sites is 2. The van der Waals surface area contributed by atoms with Crippen molar-refractivity contribution in [3.05, 3.63) is 255 Å². The van der Waals surface area contributed by atoms with Crippen LogP contribution in [-0.4, -0.2) is 0 Å². The van der Waals surface area contributed by atoms with Gasteiger partial charge in [-0.3, -0.25) is 0 Å². The highest BCUT2D eigenvalue weighted by molar-refractivity contribution is 6.21. The summed E-state index contributed by atoms with van der Waals surface area (Å²) in [6.45, 7) is 0. The second-order valence-electron chi connectivity index (χ2n) is 15.7. The molecule has 0 amide bonds. The van der Waals surface area contributed by atoms with Crippen LogP contribution in [0, 0.1) is 0 Å². The van der Waals surface area contributed by atoms with Crippen LogP contribution in [0.5, 0.6) is 0 Å². The van der Waals surface area contributed by atoms with E-state index in [1.165, 1.54) is 65.7 Å². The van der Waals surface area contributed by atoms with Gasteiger partial charge < -0.3 is 9.80 Å². The highest BCUT2D eigenvalue weighted by atomic mass is 15.2. The normalized spacial score (nSPS) is 11.2. The monoisotopic (exact) mass is 790 g/mol. The number of hydrogen-bond acceptors (Lipinski definition) is 2. The third-order valence-electron chi connectivity index (χ3n) is 12.0. The highest BCUT2D eigenvalue weighted by Gasteiger charge is 2.19. The summed E-state index contributed by atoms with van der Waals surface area (Å²) in [5, 5.41) is 7.49. The smallest absolute Gasteiger partial charge is 0.0463 e. The van der Waals surface area contributed by atoms with E-state index < -0.39 is 0 Å². The molecular weight excluding hydrogens is 749 g/mol. The molecule has 11 aromatic rings. The maximum atomic E-state index is 2.36. The van der Waals surface area contributed by atoms with Gasteiger partial charge in [-0.05, 0) is 145 Å². The van der Waals surface area contributed by atoms with E-state index in [2.05, 4.69) is 265 Å². The summed E-state index contributed by atoms with van der Waals surface area (Å²) >= 11 is 0. The van der Waals surface area contributed by atoms with E-state index in [9.17, 15) is 0 Å². The molecule has 0 fully saturated rings. The molecular formula is C60H42N2. The Balaban J connectivity index is 1.02. The number of anilines is 6. The van der Waals surface area contributed by atoms with Crippen molar-refractivity contribution in [1.29, 1.82) is 0 Å². The van der Waals surface area contributed by atoms with E-state index in [4.69, 9.17) is 0 Å². The molecule has 0 heterocycles. The minimum atomic E-state index is 1.07. The molecule has 0 bridgehead atoms. The zero-order valence-corrected chi connectivity index (χ0v) is 34.1. The minimum Gasteiger partial charge on any atom is -0.311 e. The van der Waals surface area contributed by atoms with Crippen molar-refractivity contribution < 1.29 is 0 Å². The van der Waals surface area contributed by atoms with E-state index in [1.807, 2.05) is 0 Å². The van der Waals surface area contributed by atoms with Gasteiger partial charge in [-0.2, -0.15) is 0 Å². The first-order valence-corrected chi connectivity index (χ1v) is 21.3. The van der Waals surface area contributed by atoms with Gasteiger partial charge in [0.15, 0.2) is 0 Å². The molecule has 2 nitrogen and oxygen atoms in total. The minimum absolute atomic E-state index is 1.07. The Hall–Kier alpha value is -8.20. The van der Waals surface area contributed by atoms with Gasteiger partial charge in [-0.25, -0.2) is 0 Å². The van der Waals surface area contributed by atoms with E-state index in [0.29, 0.717) is 0 Å². The van der Waals surface area contributed by atoms with Crippen LogP contribution in [0.3, 0.4) is 0 Å². The van der Waals surface area contributed by atoms with Gasteiger partial charge in [0.1, 0.15) is 0 Å². The van der Waals surface area contributed by atoms with Gasteiger partial charge in [0.25, 0.3) is 0 Å². The van der Waals surface area contributed by atoms with Crippen LogP contribution >= 0.6 is 0 Å². The largest absolute Gasteiger partial charge is 0.311 e. The molecule has 0 spiro atoms. The second-order valence-corrected chi connectivity index (χ2v) is 15.7. The van der Waals surface area contributed by atoms with Crippen molar-refractivity contribution >= 4 is 66.4 Å². The molecule has 62 heavy (non-hydrogen) atoms. The zero-order chi connectivity index (χ0) is 41.2. The molecule has 11 rings (SSSR count). The number of fused-ring (bicyclic) bond motifs is 3. The van der Waals surface area contributed by atoms with Crippen LogP contribution in [0.4, 0.5) is 34.1 Å². The van der Waals surface area contributed by atoms with Crippen molar-refractivity contribution in [2.75, 3.05) is 9.80 Å². The lowest BCUT2D eigenvalue weighted by Gasteiger charge is -2.28. The van der Waals surface area contributed by atoms with Crippen LogP contribution in [0.25, 0.3) is 65.7 Å². The average Bonchev–Trinajstić information content (AvgIpc) is 3.35. The maximum absolute atomic E-state index is 2.36. The number of benzene rings is 11. The fourth-order valence-corrected chi connectivity index (χ4v) is 9.10. The van der Waals surface area contributed by atoms with Crippen molar-refractivity contribution in [1.82, 2.24) is 0 Å². The first kappa shape index (κ1) is 36.8. The van der Waals surface area contributed by atoms with Gasteiger partial charge in [-0.1, -0.05) is 176 Å². The standard InChI is InChI=1S/C60H42N2/c1-4-17-45(18-5-1)59-55-24-12-14-26-57(55)60(58-27-15-13-25-56(58)59)46-32-36-52(37-33-46)62(51-34-30-44(31-35-51)48-29-28-43-16-10-11-19-47(43)42-48)54-40-38-53(39-41-54)61(49-20-6-2-7-21-49)50-22-8-3-9-23-50/h1-42H. The Kier molecular flexibility index (Phi) is 9.57. The molecule has 2 heteroatoms. The van der Waals surface area contributed by atoms with E-state index in [-0.39, 0.29) is 0 Å². The Bertz CT molecular complexity index is 3210. The van der Waals surface area contributed by atoms with Crippen molar-refractivity contribution in [3.63, 3.8) is 0 Å². The predicted molar refractivity (Wildman–Crippen MR) is 265 cm³/mol. The molecule has 0 aliphatic rings. The molecule has 0 saturated carbocycles. The van der Waals surface area contributed by atoms with Crippen LogP contribution in [-0.2, 0) is 0 Å². The first-order valence-electron chi connectivity index (χ1n) is 21.3. The van der Waals surface area contributed by atoms with E-state index in [1.54, 1.807) is 0 Å². The Morgan fingerprint density at radius 1 is 0.194 bits per heavy atom. The SMILES string of the molecule is c1ccc(-c2c3ccccc3c(-c3ccc(N(c4ccc(-c5ccc6ccccc6c5)cc4)c4ccc(N(c5ccccc5)c5ccccc5)cc4)cc3)c3ccccc23)cc1. The van der Waals surface area contributed by atoms with Gasteiger partial charge in [0.2, 0.25) is 0 Å². The number of nitrogens with zero attached hydrogens (tertiary/aromatic N) is 2. The van der Waals surface area contributed by atoms with Gasteiger partial charge in [0.05, 0.1) is 0 Å². The lowest BCUT2D eigenvalue weighted by Crippen LogP contribution is -2.12. The van der Waals surface area contributed by atoms with E-state index >= 15 is 0 Å². The predicted octanol–water partition coefficient (Wildman–Crippen LogP) is 17.1. The number of hydrogen-bond donors (Lipinski definition) is 0. The molecule has 0 atom stereocenters.